The van der Waals surface area contributed by atoms with E-state index in [0.29, 0.717) is 32.6 Å². The van der Waals surface area contributed by atoms with Crippen LogP contribution in [0.5, 0.6) is 0 Å². The third-order valence-electron chi connectivity index (χ3n) is 6.41. The number of carbonyl (C=O) groups excluding carboxylic acids is 1. The number of sulfonamides is 1. The molecule has 1 aliphatic heterocycles. The second kappa shape index (κ2) is 10.9. The molecule has 1 saturated heterocycles. The number of nitrogens with one attached hydrogen (secondary N) is 1. The van der Waals surface area contributed by atoms with Crippen LogP contribution >= 0.6 is 0 Å². The van der Waals surface area contributed by atoms with Gasteiger partial charge in [0, 0.05) is 37.3 Å². The van der Waals surface area contributed by atoms with Crippen LogP contribution in [0.4, 0.5) is 11.4 Å². The molecule has 0 saturated carbocycles. The maximum absolute atomic E-state index is 13.5. The van der Waals surface area contributed by atoms with E-state index in [1.807, 2.05) is 30.3 Å². The van der Waals surface area contributed by atoms with Crippen LogP contribution in [0, 0.1) is 10.1 Å². The Labute approximate surface area is 209 Å². The number of carbonyl (C=O) groups is 1. The number of hydrogen-bond acceptors (Lipinski definition) is 6. The summed E-state index contributed by atoms with van der Waals surface area (Å²) < 4.78 is 33.4. The first-order valence-corrected chi connectivity index (χ1v) is 13.0. The molecule has 0 atom stereocenters. The molecular weight excluding hydrogens is 482 g/mol. The molecule has 9 nitrogen and oxygen atoms in total. The van der Waals surface area contributed by atoms with Crippen molar-refractivity contribution in [1.82, 2.24) is 5.32 Å². The number of nitro groups is 1. The molecule has 10 heteroatoms. The molecule has 1 N–H and O–H groups in total. The number of benzene rings is 3. The van der Waals surface area contributed by atoms with E-state index in [1.54, 1.807) is 18.2 Å². The first-order chi connectivity index (χ1) is 17.3. The van der Waals surface area contributed by atoms with E-state index < -0.39 is 27.4 Å². The fraction of sp³-hybridized carbons (Fsp3) is 0.269. The van der Waals surface area contributed by atoms with Crippen molar-refractivity contribution in [1.29, 1.82) is 0 Å². The van der Waals surface area contributed by atoms with Crippen LogP contribution in [-0.2, 0) is 25.0 Å². The number of amides is 1. The van der Waals surface area contributed by atoms with Gasteiger partial charge < -0.3 is 10.1 Å². The molecule has 188 valence electrons. The summed E-state index contributed by atoms with van der Waals surface area (Å²) in [7, 11) is -4.17. The third-order valence-corrected chi connectivity index (χ3v) is 8.20. The number of anilines is 1. The molecule has 1 heterocycles. The van der Waals surface area contributed by atoms with Crippen molar-refractivity contribution in [2.24, 2.45) is 0 Å². The lowest BCUT2D eigenvalue weighted by Gasteiger charge is -2.38. The van der Waals surface area contributed by atoms with Gasteiger partial charge in [-0.3, -0.25) is 19.2 Å². The second-order valence-electron chi connectivity index (χ2n) is 8.64. The summed E-state index contributed by atoms with van der Waals surface area (Å²) >= 11 is 0. The summed E-state index contributed by atoms with van der Waals surface area (Å²) in [5, 5.41) is 14.2. The maximum Gasteiger partial charge on any atom is 0.271 e. The van der Waals surface area contributed by atoms with Gasteiger partial charge in [0.2, 0.25) is 5.91 Å². The van der Waals surface area contributed by atoms with Gasteiger partial charge in [0.05, 0.1) is 15.5 Å². The molecule has 0 bridgehead atoms. The van der Waals surface area contributed by atoms with Gasteiger partial charge in [0.25, 0.3) is 15.7 Å². The Bertz CT molecular complexity index is 1310. The van der Waals surface area contributed by atoms with Crippen molar-refractivity contribution in [2.45, 2.75) is 23.2 Å². The second-order valence-corrected chi connectivity index (χ2v) is 10.5. The Balaban J connectivity index is 1.61. The molecule has 0 aliphatic carbocycles. The molecule has 1 aliphatic rings. The van der Waals surface area contributed by atoms with Crippen molar-refractivity contribution in [3.8, 4) is 0 Å². The third kappa shape index (κ3) is 5.55. The smallest absolute Gasteiger partial charge is 0.271 e. The van der Waals surface area contributed by atoms with Gasteiger partial charge in [-0.1, -0.05) is 54.6 Å². The molecule has 0 unspecified atom stereocenters. The lowest BCUT2D eigenvalue weighted by Crippen LogP contribution is -2.48. The fourth-order valence-corrected chi connectivity index (χ4v) is 5.81. The average molecular weight is 510 g/mol. The van der Waals surface area contributed by atoms with E-state index in [0.717, 1.165) is 15.9 Å². The summed E-state index contributed by atoms with van der Waals surface area (Å²) in [5.41, 5.74) is 0.517. The van der Waals surface area contributed by atoms with E-state index >= 15 is 0 Å². The van der Waals surface area contributed by atoms with Gasteiger partial charge in [-0.2, -0.15) is 0 Å². The van der Waals surface area contributed by atoms with Gasteiger partial charge in [0.15, 0.2) is 0 Å². The van der Waals surface area contributed by atoms with Crippen LogP contribution < -0.4 is 9.62 Å². The summed E-state index contributed by atoms with van der Waals surface area (Å²) in [6, 6.07) is 22.8. The number of ether oxygens (including phenoxy) is 1. The summed E-state index contributed by atoms with van der Waals surface area (Å²) in [5.74, 6) is -0.511. The summed E-state index contributed by atoms with van der Waals surface area (Å²) in [4.78, 5) is 23.8. The Kier molecular flexibility index (Phi) is 7.66. The lowest BCUT2D eigenvalue weighted by atomic mass is 9.74. The van der Waals surface area contributed by atoms with Gasteiger partial charge >= 0.3 is 0 Å². The Morgan fingerprint density at radius 1 is 0.972 bits per heavy atom. The zero-order chi connectivity index (χ0) is 25.6. The number of non-ortho nitro benzene ring substituents is 1. The number of hydrogen-bond donors (Lipinski definition) is 1. The quantitative estimate of drug-likeness (QED) is 0.347. The highest BCUT2D eigenvalue weighted by Crippen LogP contribution is 2.34. The molecule has 0 radical (unpaired) electrons. The molecular formula is C26H27N3O6S. The van der Waals surface area contributed by atoms with Crippen molar-refractivity contribution < 1.29 is 22.9 Å². The predicted molar refractivity (Wildman–Crippen MR) is 135 cm³/mol. The van der Waals surface area contributed by atoms with Crippen LogP contribution in [0.15, 0.2) is 89.8 Å². The highest BCUT2D eigenvalue weighted by atomic mass is 32.2. The molecule has 1 fully saturated rings. The van der Waals surface area contributed by atoms with Gasteiger partial charge in [-0.05, 0) is 36.6 Å². The average Bonchev–Trinajstić information content (AvgIpc) is 2.92. The first kappa shape index (κ1) is 25.3. The Morgan fingerprint density at radius 3 is 2.25 bits per heavy atom. The van der Waals surface area contributed by atoms with Crippen LogP contribution in [-0.4, -0.2) is 45.6 Å². The van der Waals surface area contributed by atoms with Gasteiger partial charge in [-0.15, -0.1) is 0 Å². The standard InChI is InChI=1S/C26H27N3O6S/c30-25(27-20-26(14-16-35-17-15-26)21-8-3-1-4-9-21)19-28(22-10-7-11-23(18-22)29(31)32)36(33,34)24-12-5-2-6-13-24/h1-13,18H,14-17,19-20H2,(H,27,30). The largest absolute Gasteiger partial charge is 0.381 e. The molecule has 3 aromatic carbocycles. The highest BCUT2D eigenvalue weighted by molar-refractivity contribution is 7.92. The fourth-order valence-electron chi connectivity index (χ4n) is 4.37. The van der Waals surface area contributed by atoms with E-state index in [4.69, 9.17) is 4.74 Å². The van der Waals surface area contributed by atoms with Crippen LogP contribution in [0.1, 0.15) is 18.4 Å². The Morgan fingerprint density at radius 2 is 1.61 bits per heavy atom. The van der Waals surface area contributed by atoms with Crippen LogP contribution in [0.2, 0.25) is 0 Å². The van der Waals surface area contributed by atoms with E-state index in [9.17, 15) is 23.3 Å². The molecule has 36 heavy (non-hydrogen) atoms. The monoisotopic (exact) mass is 509 g/mol. The minimum Gasteiger partial charge on any atom is -0.381 e. The number of nitrogens with zero attached hydrogens (tertiary/aromatic N) is 2. The van der Waals surface area contributed by atoms with E-state index in [1.165, 1.54) is 30.3 Å². The minimum atomic E-state index is -4.17. The zero-order valence-electron chi connectivity index (χ0n) is 19.6. The predicted octanol–water partition coefficient (Wildman–Crippen LogP) is 3.65. The number of rotatable bonds is 9. The van der Waals surface area contributed by atoms with Gasteiger partial charge in [0.1, 0.15) is 6.54 Å². The van der Waals surface area contributed by atoms with Crippen molar-refractivity contribution in [3.63, 3.8) is 0 Å². The normalized spacial score (nSPS) is 15.1. The van der Waals surface area contributed by atoms with Crippen molar-refractivity contribution in [3.05, 3.63) is 101 Å². The molecule has 0 aromatic heterocycles. The lowest BCUT2D eigenvalue weighted by molar-refractivity contribution is -0.384. The Hall–Kier alpha value is -3.76. The molecule has 0 spiro atoms. The van der Waals surface area contributed by atoms with E-state index in [2.05, 4.69) is 5.32 Å². The van der Waals surface area contributed by atoms with E-state index in [-0.39, 0.29) is 21.7 Å². The van der Waals surface area contributed by atoms with Crippen LogP contribution in [0.3, 0.4) is 0 Å². The first-order valence-electron chi connectivity index (χ1n) is 11.5. The van der Waals surface area contributed by atoms with Crippen LogP contribution in [0.25, 0.3) is 0 Å². The maximum atomic E-state index is 13.5. The highest BCUT2D eigenvalue weighted by Gasteiger charge is 2.35. The summed E-state index contributed by atoms with van der Waals surface area (Å²) in [6.07, 6.45) is 1.43. The number of nitro benzene ring substituents is 1. The zero-order valence-corrected chi connectivity index (χ0v) is 20.4. The van der Waals surface area contributed by atoms with Gasteiger partial charge in [-0.25, -0.2) is 8.42 Å². The minimum absolute atomic E-state index is 0.0190. The molecule has 4 rings (SSSR count). The topological polar surface area (TPSA) is 119 Å². The van der Waals surface area contributed by atoms with Crippen molar-refractivity contribution in [2.75, 3.05) is 30.6 Å². The van der Waals surface area contributed by atoms with Crippen molar-refractivity contribution >= 4 is 27.3 Å². The molecule has 3 aromatic rings. The SMILES string of the molecule is O=C(CN(c1cccc([N+](=O)[O-])c1)S(=O)(=O)c1ccccc1)NCC1(c2ccccc2)CCOCC1. The summed E-state index contributed by atoms with van der Waals surface area (Å²) in [6.45, 7) is 0.910. The molecule has 1 amide bonds.